The average molecular weight is 534 g/mol. The number of nitrogens with zero attached hydrogens (tertiary/aromatic N) is 1. The third-order valence-electron chi connectivity index (χ3n) is 5.03. The number of rotatable bonds is 14. The van der Waals surface area contributed by atoms with E-state index in [1.54, 1.807) is 36.4 Å². The maximum atomic E-state index is 13.2. The number of sulfone groups is 1. The highest BCUT2D eigenvalue weighted by atomic mass is 32.2. The molecule has 2 aromatic carbocycles. The summed E-state index contributed by atoms with van der Waals surface area (Å²) < 4.78 is 34.5. The molecule has 0 unspecified atom stereocenters. The van der Waals surface area contributed by atoms with E-state index in [1.165, 1.54) is 19.1 Å². The van der Waals surface area contributed by atoms with Gasteiger partial charge in [-0.05, 0) is 48.9 Å². The van der Waals surface area contributed by atoms with Crippen molar-refractivity contribution < 1.29 is 32.3 Å². The van der Waals surface area contributed by atoms with Crippen molar-refractivity contribution in [1.29, 1.82) is 0 Å². The van der Waals surface area contributed by atoms with Gasteiger partial charge in [-0.3, -0.25) is 4.79 Å². The number of esters is 2. The third kappa shape index (κ3) is 11.4. The molecule has 9 nitrogen and oxygen atoms in total. The first-order valence-corrected chi connectivity index (χ1v) is 14.0. The smallest absolute Gasteiger partial charge is 0.339 e. The maximum absolute atomic E-state index is 13.2. The van der Waals surface area contributed by atoms with Crippen LogP contribution in [0.2, 0.25) is 0 Å². The molecule has 2 aromatic rings. The van der Waals surface area contributed by atoms with Gasteiger partial charge in [-0.25, -0.2) is 13.2 Å². The summed E-state index contributed by atoms with van der Waals surface area (Å²) >= 11 is 0. The summed E-state index contributed by atoms with van der Waals surface area (Å²) in [5.74, 6) is -1.11. The first-order chi connectivity index (χ1) is 17.7. The second kappa shape index (κ2) is 17.0. The number of unbranched alkanes of at least 4 members (excludes halogenated alkanes) is 3. The number of hydrogen-bond donors (Lipinski definition) is 0. The summed E-state index contributed by atoms with van der Waals surface area (Å²) in [5, 5.41) is 2.34. The number of carbonyl (C=O) groups excluding carboxylic acids is 2. The molecule has 37 heavy (non-hydrogen) atoms. The molecule has 0 fully saturated rings. The molecule has 0 aliphatic carbocycles. The van der Waals surface area contributed by atoms with Gasteiger partial charge in [-0.2, -0.15) is 0 Å². The molecule has 0 spiro atoms. The second-order valence-corrected chi connectivity index (χ2v) is 9.77. The van der Waals surface area contributed by atoms with Gasteiger partial charge in [0.05, 0.1) is 17.1 Å². The fraction of sp³-hybridized carbons (Fsp3) is 0.407. The Morgan fingerprint density at radius 2 is 1.41 bits per heavy atom. The van der Waals surface area contributed by atoms with Gasteiger partial charge in [0.1, 0.15) is 13.2 Å². The average Bonchev–Trinajstić information content (AvgIpc) is 2.89. The number of ether oxygens (including phenoxy) is 2. The molecule has 0 saturated heterocycles. The van der Waals surface area contributed by atoms with Crippen molar-refractivity contribution in [1.82, 2.24) is 0 Å². The summed E-state index contributed by atoms with van der Waals surface area (Å²) in [5.41, 5.74) is 1.72. The monoisotopic (exact) mass is 533 g/mol. The molecule has 0 N–H and O–H groups in total. The Morgan fingerprint density at radius 1 is 0.811 bits per heavy atom. The van der Waals surface area contributed by atoms with Crippen LogP contribution < -0.4 is 0 Å². The number of hydrogen-bond acceptors (Lipinski definition) is 9. The number of carbonyl (C=O) groups is 2. The molecule has 0 aromatic heterocycles. The summed E-state index contributed by atoms with van der Waals surface area (Å²) in [4.78, 5) is 39.2. The first-order valence-electron chi connectivity index (χ1n) is 12.1. The molecule has 0 saturated carbocycles. The highest BCUT2D eigenvalue weighted by Crippen LogP contribution is 2.29. The summed E-state index contributed by atoms with van der Waals surface area (Å²) in [6.07, 6.45) is 3.96. The molecule has 0 heterocycles. The van der Waals surface area contributed by atoms with Crippen LogP contribution in [-0.4, -0.2) is 46.4 Å². The van der Waals surface area contributed by atoms with E-state index in [0.717, 1.165) is 19.1 Å². The van der Waals surface area contributed by atoms with Crippen LogP contribution in [0.4, 0.5) is 0 Å². The standard InChI is InChI=1S/C25H29NO8S.C2H6/c1-19(27)33-18-23(20-12-14-22(15-13-20)35(2,30)31)24(21-10-6-5-7-11-21)25(28)32-16-8-3-4-9-17-34-26-29;1-2/h5-7,10-15H,3-4,8-9,16-18H2,1-2H3;1-2H3/b24-23+;. The van der Waals surface area contributed by atoms with Crippen molar-refractivity contribution in [2.75, 3.05) is 26.1 Å². The fourth-order valence-electron chi connectivity index (χ4n) is 3.29. The van der Waals surface area contributed by atoms with Crippen molar-refractivity contribution in [3.05, 3.63) is 70.6 Å². The summed E-state index contributed by atoms with van der Waals surface area (Å²) in [6, 6.07) is 14.9. The fourth-order valence-corrected chi connectivity index (χ4v) is 3.92. The molecule has 0 radical (unpaired) electrons. The predicted octanol–water partition coefficient (Wildman–Crippen LogP) is 5.39. The van der Waals surface area contributed by atoms with Crippen molar-refractivity contribution in [2.24, 2.45) is 5.34 Å². The normalized spacial score (nSPS) is 11.4. The lowest BCUT2D eigenvalue weighted by Crippen LogP contribution is -2.14. The molecule has 0 amide bonds. The lowest BCUT2D eigenvalue weighted by molar-refractivity contribution is -0.140. The van der Waals surface area contributed by atoms with Crippen LogP contribution in [0.1, 0.15) is 57.6 Å². The third-order valence-corrected chi connectivity index (χ3v) is 6.16. The molecular weight excluding hydrogens is 498 g/mol. The highest BCUT2D eigenvalue weighted by Gasteiger charge is 2.22. The van der Waals surface area contributed by atoms with E-state index in [-0.39, 0.29) is 30.3 Å². The van der Waals surface area contributed by atoms with E-state index < -0.39 is 21.8 Å². The SMILES string of the molecule is CC.CC(=O)OC/C(=C(\C(=O)OCCCCCCON=O)c1ccccc1)c1ccc(S(C)(=O)=O)cc1. The zero-order valence-electron chi connectivity index (χ0n) is 21.8. The van der Waals surface area contributed by atoms with Gasteiger partial charge >= 0.3 is 11.9 Å². The van der Waals surface area contributed by atoms with Crippen LogP contribution in [0.25, 0.3) is 11.1 Å². The molecule has 2 rings (SSSR count). The van der Waals surface area contributed by atoms with E-state index in [2.05, 4.69) is 10.2 Å². The minimum atomic E-state index is -3.41. The van der Waals surface area contributed by atoms with Gasteiger partial charge in [0.15, 0.2) is 15.2 Å². The Balaban J connectivity index is 0.00000334. The van der Waals surface area contributed by atoms with Crippen LogP contribution in [-0.2, 0) is 33.7 Å². The van der Waals surface area contributed by atoms with Crippen LogP contribution in [0.15, 0.2) is 64.8 Å². The molecule has 0 aliphatic heterocycles. The van der Waals surface area contributed by atoms with E-state index in [1.807, 2.05) is 19.9 Å². The molecule has 0 aliphatic rings. The van der Waals surface area contributed by atoms with Gasteiger partial charge in [0.2, 0.25) is 0 Å². The minimum absolute atomic E-state index is 0.131. The molecule has 0 atom stereocenters. The van der Waals surface area contributed by atoms with Crippen LogP contribution >= 0.6 is 0 Å². The largest absolute Gasteiger partial charge is 0.462 e. The van der Waals surface area contributed by atoms with Crippen molar-refractivity contribution in [3.63, 3.8) is 0 Å². The van der Waals surface area contributed by atoms with E-state index in [0.29, 0.717) is 29.5 Å². The lowest BCUT2D eigenvalue weighted by atomic mass is 9.95. The van der Waals surface area contributed by atoms with E-state index >= 15 is 0 Å². The lowest BCUT2D eigenvalue weighted by Gasteiger charge is -2.16. The van der Waals surface area contributed by atoms with Crippen LogP contribution in [0.3, 0.4) is 0 Å². The van der Waals surface area contributed by atoms with Gasteiger partial charge in [0.25, 0.3) is 0 Å². The molecule has 10 heteroatoms. The van der Waals surface area contributed by atoms with Crippen LogP contribution in [0.5, 0.6) is 0 Å². The first kappa shape index (κ1) is 31.5. The minimum Gasteiger partial charge on any atom is -0.462 e. The highest BCUT2D eigenvalue weighted by molar-refractivity contribution is 7.90. The van der Waals surface area contributed by atoms with Crippen molar-refractivity contribution in [3.8, 4) is 0 Å². The molecule has 0 bridgehead atoms. The predicted molar refractivity (Wildman–Crippen MR) is 142 cm³/mol. The summed E-state index contributed by atoms with van der Waals surface area (Å²) in [7, 11) is -3.41. The van der Waals surface area contributed by atoms with Gasteiger partial charge in [0, 0.05) is 18.8 Å². The topological polar surface area (TPSA) is 125 Å². The van der Waals surface area contributed by atoms with Gasteiger partial charge in [-0.15, -0.1) is 4.91 Å². The Kier molecular flexibility index (Phi) is 14.5. The number of benzene rings is 2. The van der Waals surface area contributed by atoms with Crippen molar-refractivity contribution >= 4 is 32.9 Å². The van der Waals surface area contributed by atoms with Crippen molar-refractivity contribution in [2.45, 2.75) is 51.3 Å². The molecule has 202 valence electrons. The maximum Gasteiger partial charge on any atom is 0.339 e. The Bertz CT molecular complexity index is 1130. The second-order valence-electron chi connectivity index (χ2n) is 7.75. The quantitative estimate of drug-likeness (QED) is 0.0790. The summed E-state index contributed by atoms with van der Waals surface area (Å²) in [6.45, 7) is 5.50. The Labute approximate surface area is 218 Å². The zero-order valence-corrected chi connectivity index (χ0v) is 22.6. The van der Waals surface area contributed by atoms with Gasteiger partial charge < -0.3 is 14.3 Å². The van der Waals surface area contributed by atoms with Gasteiger partial charge in [-0.1, -0.05) is 56.3 Å². The van der Waals surface area contributed by atoms with E-state index in [9.17, 15) is 22.9 Å². The van der Waals surface area contributed by atoms with E-state index in [4.69, 9.17) is 9.47 Å². The van der Waals surface area contributed by atoms with Crippen LogP contribution in [0, 0.1) is 4.91 Å². The Hall–Kier alpha value is -3.53. The molecular formula is C27H35NO8S. The Morgan fingerprint density at radius 3 is 1.95 bits per heavy atom. The zero-order chi connectivity index (χ0) is 27.7.